The van der Waals surface area contributed by atoms with E-state index < -0.39 is 69.2 Å². The SMILES string of the molecule is CC(=O)Nc1cc2c(cc1S(=O)(=O)O)C=C(S(=O)(=O)O)/C(=N\Nc1ccc(C(=O)Nc3ccc(N=Nc4ccc(S(=O)(=O)O)cc4)cc3)cc1)C2=O. The highest BCUT2D eigenvalue weighted by atomic mass is 32.2. The van der Waals surface area contributed by atoms with Gasteiger partial charge in [-0.1, -0.05) is 0 Å². The van der Waals surface area contributed by atoms with E-state index in [9.17, 15) is 48.7 Å². The summed E-state index contributed by atoms with van der Waals surface area (Å²) in [5.74, 6) is -2.33. The molecule has 0 aromatic heterocycles. The lowest BCUT2D eigenvalue weighted by Crippen LogP contribution is -2.27. The number of amides is 2. The molecule has 0 spiro atoms. The van der Waals surface area contributed by atoms with Crippen LogP contribution in [0.5, 0.6) is 0 Å². The van der Waals surface area contributed by atoms with Crippen molar-refractivity contribution in [2.45, 2.75) is 16.7 Å². The molecule has 268 valence electrons. The van der Waals surface area contributed by atoms with Crippen LogP contribution in [0.3, 0.4) is 0 Å². The lowest BCUT2D eigenvalue weighted by Gasteiger charge is -2.19. The van der Waals surface area contributed by atoms with Crippen LogP contribution in [0.1, 0.15) is 33.2 Å². The Labute approximate surface area is 295 Å². The molecule has 0 saturated heterocycles. The van der Waals surface area contributed by atoms with E-state index >= 15 is 0 Å². The molecule has 0 heterocycles. The van der Waals surface area contributed by atoms with E-state index in [0.717, 1.165) is 25.1 Å². The smallest absolute Gasteiger partial charge is 0.296 e. The molecule has 0 bridgehead atoms. The molecule has 52 heavy (non-hydrogen) atoms. The summed E-state index contributed by atoms with van der Waals surface area (Å²) in [6.45, 7) is 1.05. The summed E-state index contributed by atoms with van der Waals surface area (Å²) in [7, 11) is -14.4. The third-order valence-electron chi connectivity index (χ3n) is 6.98. The average Bonchev–Trinajstić information content (AvgIpc) is 3.06. The third-order valence-corrected chi connectivity index (χ3v) is 9.61. The van der Waals surface area contributed by atoms with Crippen molar-refractivity contribution in [3.63, 3.8) is 0 Å². The number of benzene rings is 4. The van der Waals surface area contributed by atoms with Crippen LogP contribution in [0.2, 0.25) is 0 Å². The summed E-state index contributed by atoms with van der Waals surface area (Å²) in [6, 6.07) is 18.5. The lowest BCUT2D eigenvalue weighted by atomic mass is 9.94. The number of azo groups is 1. The molecule has 0 saturated carbocycles. The largest absolute Gasteiger partial charge is 0.325 e. The van der Waals surface area contributed by atoms with Crippen LogP contribution in [-0.4, -0.2) is 62.2 Å². The molecule has 4 aromatic rings. The Kier molecular flexibility index (Phi) is 10.3. The minimum absolute atomic E-state index is 0.181. The quantitative estimate of drug-likeness (QED) is 0.0725. The zero-order chi connectivity index (χ0) is 38.0. The number of carbonyl (C=O) groups excluding carboxylic acids is 3. The zero-order valence-electron chi connectivity index (χ0n) is 26.2. The molecular weight excluding hydrogens is 745 g/mol. The van der Waals surface area contributed by atoms with Crippen molar-refractivity contribution in [2.75, 3.05) is 16.1 Å². The van der Waals surface area contributed by atoms with Crippen LogP contribution < -0.4 is 16.1 Å². The zero-order valence-corrected chi connectivity index (χ0v) is 28.7. The highest BCUT2D eigenvalue weighted by Crippen LogP contribution is 2.33. The van der Waals surface area contributed by atoms with Crippen molar-refractivity contribution in [2.24, 2.45) is 15.3 Å². The molecular formula is C31H24N6O12S3. The van der Waals surface area contributed by atoms with Gasteiger partial charge in [-0.05, 0) is 96.6 Å². The molecule has 18 nitrogen and oxygen atoms in total. The van der Waals surface area contributed by atoms with Gasteiger partial charge >= 0.3 is 0 Å². The van der Waals surface area contributed by atoms with Crippen molar-refractivity contribution in [3.05, 3.63) is 107 Å². The van der Waals surface area contributed by atoms with Gasteiger partial charge in [0.15, 0.2) is 5.71 Å². The Bertz CT molecular complexity index is 2550. The second kappa shape index (κ2) is 14.3. The summed E-state index contributed by atoms with van der Waals surface area (Å²) in [6.07, 6.45) is 0.773. The number of nitrogens with zero attached hydrogens (tertiary/aromatic N) is 3. The van der Waals surface area contributed by atoms with E-state index in [4.69, 9.17) is 4.55 Å². The highest BCUT2D eigenvalue weighted by molar-refractivity contribution is 7.91. The maximum absolute atomic E-state index is 13.4. The number of carbonyl (C=O) groups is 3. The van der Waals surface area contributed by atoms with Crippen LogP contribution >= 0.6 is 0 Å². The fourth-order valence-electron chi connectivity index (χ4n) is 4.60. The molecule has 0 unspecified atom stereocenters. The maximum Gasteiger partial charge on any atom is 0.296 e. The fraction of sp³-hybridized carbons (Fsp3) is 0.0323. The molecule has 2 amide bonds. The third kappa shape index (κ3) is 8.84. The van der Waals surface area contributed by atoms with Gasteiger partial charge in [-0.25, -0.2) is 0 Å². The minimum atomic E-state index is -5.11. The van der Waals surface area contributed by atoms with E-state index in [2.05, 4.69) is 31.4 Å². The number of rotatable bonds is 10. The molecule has 0 radical (unpaired) electrons. The topological polar surface area (TPSA) is 287 Å². The Morgan fingerprint density at radius 1 is 0.673 bits per heavy atom. The number of allylic oxidation sites excluding steroid dienone is 1. The van der Waals surface area contributed by atoms with Gasteiger partial charge in [0.25, 0.3) is 36.3 Å². The first-order valence-electron chi connectivity index (χ1n) is 14.3. The molecule has 4 aromatic carbocycles. The van der Waals surface area contributed by atoms with Gasteiger partial charge < -0.3 is 10.6 Å². The van der Waals surface area contributed by atoms with Gasteiger partial charge in [0, 0.05) is 23.7 Å². The fourth-order valence-corrected chi connectivity index (χ4v) is 6.40. The van der Waals surface area contributed by atoms with E-state index in [1.54, 1.807) is 24.3 Å². The number of nitrogens with one attached hydrogen (secondary N) is 3. The first-order chi connectivity index (χ1) is 24.3. The van der Waals surface area contributed by atoms with Crippen LogP contribution in [-0.2, 0) is 35.1 Å². The van der Waals surface area contributed by atoms with Crippen LogP contribution in [0.15, 0.2) is 115 Å². The molecule has 21 heteroatoms. The van der Waals surface area contributed by atoms with Gasteiger partial charge in [-0.3, -0.25) is 33.5 Å². The molecule has 1 aliphatic rings. The van der Waals surface area contributed by atoms with Crippen LogP contribution in [0, 0.1) is 0 Å². The Balaban J connectivity index is 1.29. The van der Waals surface area contributed by atoms with E-state index in [-0.39, 0.29) is 27.3 Å². The normalized spacial score (nSPS) is 14.1. The lowest BCUT2D eigenvalue weighted by molar-refractivity contribution is -0.114. The molecule has 6 N–H and O–H groups in total. The number of fused-ring (bicyclic) bond motifs is 1. The van der Waals surface area contributed by atoms with E-state index in [0.29, 0.717) is 17.1 Å². The minimum Gasteiger partial charge on any atom is -0.325 e. The summed E-state index contributed by atoms with van der Waals surface area (Å²) in [5, 5.41) is 16.7. The van der Waals surface area contributed by atoms with Crippen LogP contribution in [0.4, 0.5) is 28.4 Å². The Morgan fingerprint density at radius 3 is 1.75 bits per heavy atom. The summed E-state index contributed by atoms with van der Waals surface area (Å²) < 4.78 is 99.0. The summed E-state index contributed by atoms with van der Waals surface area (Å²) in [4.78, 5) is 35.7. The monoisotopic (exact) mass is 768 g/mol. The molecule has 0 fully saturated rings. The van der Waals surface area contributed by atoms with Crippen molar-refractivity contribution >= 4 is 88.2 Å². The Hall–Kier alpha value is -5.97. The van der Waals surface area contributed by atoms with Crippen molar-refractivity contribution in [1.29, 1.82) is 0 Å². The average molecular weight is 769 g/mol. The predicted octanol–water partition coefficient (Wildman–Crippen LogP) is 4.70. The number of ketones is 1. The van der Waals surface area contributed by atoms with Gasteiger partial charge in [-0.2, -0.15) is 40.6 Å². The maximum atomic E-state index is 13.4. The van der Waals surface area contributed by atoms with Crippen molar-refractivity contribution < 1.29 is 53.3 Å². The van der Waals surface area contributed by atoms with Crippen molar-refractivity contribution in [1.82, 2.24) is 0 Å². The second-order valence-electron chi connectivity index (χ2n) is 10.7. The van der Waals surface area contributed by atoms with Crippen LogP contribution in [0.25, 0.3) is 6.08 Å². The first kappa shape index (κ1) is 37.3. The number of anilines is 3. The number of hydrogen-bond donors (Lipinski definition) is 6. The summed E-state index contributed by atoms with van der Waals surface area (Å²) >= 11 is 0. The predicted molar refractivity (Wildman–Crippen MR) is 187 cm³/mol. The van der Waals surface area contributed by atoms with Gasteiger partial charge in [-0.15, -0.1) is 0 Å². The van der Waals surface area contributed by atoms with Gasteiger partial charge in [0.2, 0.25) is 11.7 Å². The standard InChI is InChI=1S/C31H24N6O12S3/c1-17(38)32-26-16-25-19(14-27(26)51(44,45)46)15-28(52(47,48)49)29(30(25)39)37-36-21-4-2-18(3-5-21)31(40)33-20-6-8-22(9-7-20)34-35-23-10-12-24(13-11-23)50(41,42)43/h2-16,36H,1H3,(H,32,38)(H,33,40)(H,41,42,43)(H,44,45,46)(H,47,48,49)/b35-34?,37-29+. The number of Topliss-reactive ketones (excluding diaryl/α,β-unsaturated/α-hetero) is 1. The first-order valence-corrected chi connectivity index (χ1v) is 18.6. The highest BCUT2D eigenvalue weighted by Gasteiger charge is 2.34. The number of hydrazone groups is 1. The second-order valence-corrected chi connectivity index (χ2v) is 14.9. The van der Waals surface area contributed by atoms with Crippen molar-refractivity contribution in [3.8, 4) is 0 Å². The summed E-state index contributed by atoms with van der Waals surface area (Å²) in [5.41, 5.74) is 2.13. The molecule has 1 aliphatic carbocycles. The van der Waals surface area contributed by atoms with E-state index in [1.807, 2.05) is 0 Å². The molecule has 0 atom stereocenters. The number of hydrogen-bond acceptors (Lipinski definition) is 13. The Morgan fingerprint density at radius 2 is 1.23 bits per heavy atom. The molecule has 5 rings (SSSR count). The molecule has 0 aliphatic heterocycles. The van der Waals surface area contributed by atoms with Gasteiger partial charge in [0.05, 0.1) is 27.6 Å². The van der Waals surface area contributed by atoms with Gasteiger partial charge in [0.1, 0.15) is 9.80 Å². The van der Waals surface area contributed by atoms with E-state index in [1.165, 1.54) is 48.5 Å².